The van der Waals surface area contributed by atoms with Crippen LogP contribution in [0.3, 0.4) is 0 Å². The van der Waals surface area contributed by atoms with Gasteiger partial charge in [0, 0.05) is 10.8 Å². The Morgan fingerprint density at radius 2 is 1.26 bits per heavy atom. The van der Waals surface area contributed by atoms with E-state index in [4.69, 9.17) is 9.47 Å². The molecular formula is C29H37F2O7S-. The minimum atomic E-state index is -4.03. The van der Waals surface area contributed by atoms with Crippen LogP contribution >= 0.6 is 12.0 Å². The minimum Gasteiger partial charge on any atom is -0.691 e. The van der Waals surface area contributed by atoms with Crippen molar-refractivity contribution < 1.29 is 42.5 Å². The summed E-state index contributed by atoms with van der Waals surface area (Å²) in [6, 6.07) is 0. The number of hydrogen-bond acceptors (Lipinski definition) is 8. The molecule has 0 aromatic carbocycles. The van der Waals surface area contributed by atoms with Gasteiger partial charge in [-0.05, 0) is 130 Å². The summed E-state index contributed by atoms with van der Waals surface area (Å²) in [5.41, 5.74) is -0.826. The molecule has 0 spiro atoms. The number of carbonyl (C=O) groups is 2. The molecule has 39 heavy (non-hydrogen) atoms. The van der Waals surface area contributed by atoms with E-state index in [1.165, 1.54) is 19.3 Å². The van der Waals surface area contributed by atoms with Crippen LogP contribution in [0.15, 0.2) is 0 Å². The molecule has 11 fully saturated rings. The third kappa shape index (κ3) is 3.82. The van der Waals surface area contributed by atoms with Crippen LogP contribution in [0.4, 0.5) is 8.78 Å². The van der Waals surface area contributed by atoms with Gasteiger partial charge in [-0.3, -0.25) is 9.83 Å². The van der Waals surface area contributed by atoms with E-state index in [0.29, 0.717) is 18.4 Å². The standard InChI is InChI=1S/C29H38F2O7S/c30-29(31,39-38-37-34)25(33)36-14-27-7-16-1-17(8-27)6-26(5-16,12-27)13-35-24(32)28-9-21-18-2-15-3-19(21)23(11-28)20(4-15)22(18)10-28/h15-23,34H,1-14H2/p-1. The van der Waals surface area contributed by atoms with Gasteiger partial charge >= 0.3 is 17.2 Å². The summed E-state index contributed by atoms with van der Waals surface area (Å²) in [5, 5.41) is 8.83. The Balaban J connectivity index is 0.943. The molecule has 0 aromatic heterocycles. The Kier molecular flexibility index (Phi) is 5.63. The van der Waals surface area contributed by atoms with Gasteiger partial charge < -0.3 is 14.7 Å². The fourth-order valence-electron chi connectivity index (χ4n) is 12.9. The smallest absolute Gasteiger partial charge is 0.415 e. The third-order valence-electron chi connectivity index (χ3n) is 13.2. The predicted octanol–water partition coefficient (Wildman–Crippen LogP) is 4.83. The summed E-state index contributed by atoms with van der Waals surface area (Å²) in [5.74, 6) is 4.82. The van der Waals surface area contributed by atoms with Crippen LogP contribution in [0.25, 0.3) is 0 Å². The van der Waals surface area contributed by atoms with Crippen LogP contribution in [0, 0.1) is 69.5 Å². The lowest BCUT2D eigenvalue weighted by atomic mass is 9.33. The molecule has 11 aliphatic carbocycles. The number of hydrogen-bond donors (Lipinski definition) is 0. The number of esters is 2. The lowest BCUT2D eigenvalue weighted by molar-refractivity contribution is -0.777. The van der Waals surface area contributed by atoms with Gasteiger partial charge in [-0.25, -0.2) is 4.79 Å². The molecule has 216 valence electrons. The van der Waals surface area contributed by atoms with Crippen molar-refractivity contribution in [2.24, 2.45) is 69.5 Å². The van der Waals surface area contributed by atoms with Crippen molar-refractivity contribution in [2.75, 3.05) is 13.2 Å². The lowest BCUT2D eigenvalue weighted by Crippen LogP contribution is -2.66. The first-order valence-electron chi connectivity index (χ1n) is 15.0. The zero-order valence-electron chi connectivity index (χ0n) is 22.1. The highest BCUT2D eigenvalue weighted by atomic mass is 32.2. The molecular weight excluding hydrogens is 530 g/mol. The normalized spacial score (nSPS) is 51.5. The molecule has 0 aromatic rings. The van der Waals surface area contributed by atoms with Gasteiger partial charge in [-0.1, -0.05) is 0 Å². The van der Waals surface area contributed by atoms with Crippen molar-refractivity contribution >= 4 is 24.0 Å². The van der Waals surface area contributed by atoms with Crippen LogP contribution < -0.4 is 5.26 Å². The fourth-order valence-corrected chi connectivity index (χ4v) is 13.2. The Labute approximate surface area is 231 Å². The zero-order chi connectivity index (χ0) is 26.8. The van der Waals surface area contributed by atoms with Crippen molar-refractivity contribution in [3.05, 3.63) is 0 Å². The molecule has 0 amide bonds. The molecule has 0 N–H and O–H groups in total. The van der Waals surface area contributed by atoms with E-state index >= 15 is 0 Å². The first-order valence-corrected chi connectivity index (χ1v) is 15.7. The molecule has 11 rings (SSSR count). The van der Waals surface area contributed by atoms with Gasteiger partial charge in [0.1, 0.15) is 12.0 Å². The molecule has 11 saturated carbocycles. The largest absolute Gasteiger partial charge is 0.691 e. The molecule has 11 aliphatic rings. The first-order chi connectivity index (χ1) is 18.6. The number of rotatable bonds is 9. The lowest BCUT2D eigenvalue weighted by Gasteiger charge is -2.71. The molecule has 10 heteroatoms. The van der Waals surface area contributed by atoms with E-state index in [1.54, 1.807) is 0 Å². The molecule has 0 heterocycles. The number of halogens is 2. The minimum absolute atomic E-state index is 0.0315. The Bertz CT molecular complexity index is 992. The second-order valence-electron chi connectivity index (χ2n) is 15.3. The van der Waals surface area contributed by atoms with Crippen molar-refractivity contribution in [3.63, 3.8) is 0 Å². The van der Waals surface area contributed by atoms with Crippen LogP contribution in [0.1, 0.15) is 77.0 Å². The second kappa shape index (κ2) is 8.54. The van der Waals surface area contributed by atoms with Gasteiger partial charge in [0.25, 0.3) is 0 Å². The van der Waals surface area contributed by atoms with Gasteiger partial charge in [0.2, 0.25) is 0 Å². The number of ether oxygens (including phenoxy) is 2. The molecule has 12 bridgehead atoms. The van der Waals surface area contributed by atoms with Crippen molar-refractivity contribution in [1.29, 1.82) is 0 Å². The van der Waals surface area contributed by atoms with Crippen LogP contribution in [-0.4, -0.2) is 30.4 Å². The van der Waals surface area contributed by atoms with E-state index in [1.807, 2.05) is 0 Å². The van der Waals surface area contributed by atoms with E-state index in [-0.39, 0.29) is 28.8 Å². The highest BCUT2D eigenvalue weighted by Crippen LogP contribution is 2.74. The predicted molar refractivity (Wildman–Crippen MR) is 131 cm³/mol. The summed E-state index contributed by atoms with van der Waals surface area (Å²) in [4.78, 5) is 26.0. The highest BCUT2D eigenvalue weighted by molar-refractivity contribution is 7.96. The van der Waals surface area contributed by atoms with Gasteiger partial charge in [0.15, 0.2) is 0 Å². The third-order valence-corrected chi connectivity index (χ3v) is 13.7. The van der Waals surface area contributed by atoms with Crippen LogP contribution in [0.5, 0.6) is 0 Å². The van der Waals surface area contributed by atoms with Crippen molar-refractivity contribution in [1.82, 2.24) is 0 Å². The molecule has 0 radical (unpaired) electrons. The number of carbonyl (C=O) groups excluding carboxylic acids is 2. The number of alkyl halides is 2. The summed E-state index contributed by atoms with van der Waals surface area (Å²) < 4.78 is 43.0. The average molecular weight is 568 g/mol. The SMILES string of the molecule is O=C(OCC12CC3CC(C1)CC(COC(=O)C(F)(F)SOO[O-])(C3)C2)C12CC3C4CC5CC3C(C1)C(C5)C4C2. The van der Waals surface area contributed by atoms with E-state index < -0.39 is 23.3 Å². The maximum atomic E-state index is 13.9. The molecule has 0 saturated heterocycles. The summed E-state index contributed by atoms with van der Waals surface area (Å²) in [6.45, 7) is 0.304. The van der Waals surface area contributed by atoms with Crippen molar-refractivity contribution in [2.45, 2.75) is 82.3 Å². The topological polar surface area (TPSA) is 94.1 Å². The monoisotopic (exact) mass is 567 g/mol. The van der Waals surface area contributed by atoms with Crippen LogP contribution in [0.2, 0.25) is 0 Å². The summed E-state index contributed by atoms with van der Waals surface area (Å²) in [7, 11) is 0. The summed E-state index contributed by atoms with van der Waals surface area (Å²) in [6.07, 6.45) is 12.7. The average Bonchev–Trinajstić information content (AvgIpc) is 2.91. The Morgan fingerprint density at radius 3 is 1.77 bits per heavy atom. The van der Waals surface area contributed by atoms with Gasteiger partial charge in [-0.15, -0.1) is 0 Å². The van der Waals surface area contributed by atoms with E-state index in [9.17, 15) is 23.6 Å². The van der Waals surface area contributed by atoms with E-state index in [2.05, 4.69) is 9.37 Å². The highest BCUT2D eigenvalue weighted by Gasteiger charge is 2.69. The summed E-state index contributed by atoms with van der Waals surface area (Å²) >= 11 is -0.655. The molecule has 7 nitrogen and oxygen atoms in total. The first kappa shape index (κ1) is 25.7. The Morgan fingerprint density at radius 1 is 0.744 bits per heavy atom. The zero-order valence-corrected chi connectivity index (χ0v) is 22.9. The Hall–Kier alpha value is -0.970. The quantitative estimate of drug-likeness (QED) is 0.169. The molecule has 2 unspecified atom stereocenters. The fraction of sp³-hybridized carbons (Fsp3) is 0.931. The second-order valence-corrected chi connectivity index (χ2v) is 16.1. The van der Waals surface area contributed by atoms with Gasteiger partial charge in [0.05, 0.1) is 18.6 Å². The molecule has 2 atom stereocenters. The van der Waals surface area contributed by atoms with E-state index in [0.717, 1.165) is 99.2 Å². The van der Waals surface area contributed by atoms with Crippen molar-refractivity contribution in [3.8, 4) is 0 Å². The maximum absolute atomic E-state index is 13.9. The van der Waals surface area contributed by atoms with Gasteiger partial charge in [-0.2, -0.15) is 13.1 Å². The molecule has 0 aliphatic heterocycles. The maximum Gasteiger partial charge on any atom is 0.415 e. The van der Waals surface area contributed by atoms with Crippen LogP contribution in [-0.2, 0) is 28.4 Å².